The number of hydrogen-bond donors (Lipinski definition) is 2. The first-order valence-electron chi connectivity index (χ1n) is 8.49. The maximum atomic E-state index is 12.1. The fourth-order valence-electron chi connectivity index (χ4n) is 3.03. The Morgan fingerprint density at radius 3 is 2.57 bits per heavy atom. The van der Waals surface area contributed by atoms with E-state index in [1.165, 1.54) is 0 Å². The number of piperidine rings is 1. The molecule has 5 nitrogen and oxygen atoms in total. The van der Waals surface area contributed by atoms with Crippen LogP contribution in [0.15, 0.2) is 24.3 Å². The molecule has 0 radical (unpaired) electrons. The van der Waals surface area contributed by atoms with Crippen LogP contribution in [0.3, 0.4) is 0 Å². The van der Waals surface area contributed by atoms with Crippen LogP contribution >= 0.6 is 0 Å². The zero-order valence-electron chi connectivity index (χ0n) is 13.7. The van der Waals surface area contributed by atoms with E-state index in [-0.39, 0.29) is 17.7 Å². The van der Waals surface area contributed by atoms with Crippen LogP contribution in [0.2, 0.25) is 0 Å². The molecule has 0 unspecified atom stereocenters. The lowest BCUT2D eigenvalue weighted by atomic mass is 9.96. The van der Waals surface area contributed by atoms with Crippen LogP contribution < -0.4 is 10.6 Å². The number of likely N-dealkylation sites (tertiary alicyclic amines) is 1. The number of benzene rings is 1. The van der Waals surface area contributed by atoms with Crippen molar-refractivity contribution >= 4 is 17.5 Å². The summed E-state index contributed by atoms with van der Waals surface area (Å²) in [6.45, 7) is 4.02. The average molecular weight is 315 g/mol. The van der Waals surface area contributed by atoms with Gasteiger partial charge in [0, 0.05) is 17.6 Å². The fraction of sp³-hybridized carbons (Fsp3) is 0.556. The van der Waals surface area contributed by atoms with E-state index in [0.717, 1.165) is 50.0 Å². The Morgan fingerprint density at radius 2 is 1.91 bits per heavy atom. The molecule has 0 spiro atoms. The smallest absolute Gasteiger partial charge is 0.238 e. The number of amides is 2. The summed E-state index contributed by atoms with van der Waals surface area (Å²) in [5.74, 6) is 0.333. The Kier molecular flexibility index (Phi) is 4.96. The van der Waals surface area contributed by atoms with Crippen LogP contribution in [0.25, 0.3) is 0 Å². The van der Waals surface area contributed by atoms with Gasteiger partial charge in [0.05, 0.1) is 6.54 Å². The van der Waals surface area contributed by atoms with E-state index < -0.39 is 0 Å². The van der Waals surface area contributed by atoms with E-state index >= 15 is 0 Å². The second-order valence-corrected chi connectivity index (χ2v) is 6.75. The first-order valence-corrected chi connectivity index (χ1v) is 8.49. The molecule has 1 aliphatic heterocycles. The monoisotopic (exact) mass is 315 g/mol. The lowest BCUT2D eigenvalue weighted by Gasteiger charge is -2.30. The number of carbonyl (C=O) groups is 2. The van der Waals surface area contributed by atoms with Crippen LogP contribution in [-0.4, -0.2) is 42.4 Å². The Labute approximate surface area is 137 Å². The first kappa shape index (κ1) is 16.0. The predicted molar refractivity (Wildman–Crippen MR) is 90.1 cm³/mol. The molecule has 0 bridgehead atoms. The molecule has 1 saturated heterocycles. The molecular weight excluding hydrogens is 290 g/mol. The minimum absolute atomic E-state index is 0.0106. The van der Waals surface area contributed by atoms with Crippen molar-refractivity contribution in [1.29, 1.82) is 0 Å². The van der Waals surface area contributed by atoms with Gasteiger partial charge < -0.3 is 10.6 Å². The molecule has 5 heteroatoms. The molecule has 2 N–H and O–H groups in total. The van der Waals surface area contributed by atoms with Crippen molar-refractivity contribution in [1.82, 2.24) is 10.2 Å². The van der Waals surface area contributed by atoms with Gasteiger partial charge in [-0.15, -0.1) is 0 Å². The largest absolute Gasteiger partial charge is 0.353 e. The average Bonchev–Trinajstić information content (AvgIpc) is 3.31. The third kappa shape index (κ3) is 4.79. The molecule has 2 amide bonds. The molecule has 1 aliphatic carbocycles. The number of aryl methyl sites for hydroxylation is 1. The van der Waals surface area contributed by atoms with Gasteiger partial charge in [0.1, 0.15) is 0 Å². The van der Waals surface area contributed by atoms with E-state index in [9.17, 15) is 9.59 Å². The van der Waals surface area contributed by atoms with Crippen molar-refractivity contribution in [2.24, 2.45) is 5.92 Å². The van der Waals surface area contributed by atoms with E-state index in [4.69, 9.17) is 0 Å². The van der Waals surface area contributed by atoms with Gasteiger partial charge in [0.2, 0.25) is 11.8 Å². The molecule has 124 valence electrons. The molecule has 1 aromatic rings. The van der Waals surface area contributed by atoms with Crippen molar-refractivity contribution in [2.75, 3.05) is 25.0 Å². The summed E-state index contributed by atoms with van der Waals surface area (Å²) >= 11 is 0. The van der Waals surface area contributed by atoms with E-state index in [0.29, 0.717) is 12.6 Å². The van der Waals surface area contributed by atoms with Gasteiger partial charge in [-0.1, -0.05) is 12.1 Å². The van der Waals surface area contributed by atoms with Crippen molar-refractivity contribution in [3.05, 3.63) is 29.8 Å². The molecule has 3 rings (SSSR count). The third-order valence-corrected chi connectivity index (χ3v) is 4.55. The maximum Gasteiger partial charge on any atom is 0.238 e. The molecule has 0 aromatic heterocycles. The molecule has 0 atom stereocenters. The normalized spacial score (nSPS) is 19.3. The van der Waals surface area contributed by atoms with Gasteiger partial charge in [-0.2, -0.15) is 0 Å². The summed E-state index contributed by atoms with van der Waals surface area (Å²) in [6, 6.07) is 8.24. The highest BCUT2D eigenvalue weighted by atomic mass is 16.2. The Morgan fingerprint density at radius 1 is 1.17 bits per heavy atom. The fourth-order valence-corrected chi connectivity index (χ4v) is 3.03. The molecule has 1 saturated carbocycles. The van der Waals surface area contributed by atoms with Gasteiger partial charge in [-0.25, -0.2) is 0 Å². The van der Waals surface area contributed by atoms with Crippen molar-refractivity contribution in [3.63, 3.8) is 0 Å². The zero-order chi connectivity index (χ0) is 16.2. The van der Waals surface area contributed by atoms with Crippen LogP contribution in [-0.2, 0) is 9.59 Å². The molecular formula is C18H25N3O2. The number of nitrogens with zero attached hydrogens (tertiary/aromatic N) is 1. The standard InChI is InChI=1S/C18H25N3O2/c1-13-3-2-4-16(11-13)19-17(22)12-21-9-7-14(8-10-21)18(23)20-15-5-6-15/h2-4,11,14-15H,5-10,12H2,1H3,(H,19,22)(H,20,23). The Bertz CT molecular complexity index is 575. The van der Waals surface area contributed by atoms with Gasteiger partial charge in [-0.3, -0.25) is 14.5 Å². The SMILES string of the molecule is Cc1cccc(NC(=O)CN2CCC(C(=O)NC3CC3)CC2)c1. The summed E-state index contributed by atoms with van der Waals surface area (Å²) in [4.78, 5) is 26.3. The quantitative estimate of drug-likeness (QED) is 0.873. The number of rotatable bonds is 5. The van der Waals surface area contributed by atoms with E-state index in [2.05, 4.69) is 15.5 Å². The molecule has 23 heavy (non-hydrogen) atoms. The summed E-state index contributed by atoms with van der Waals surface area (Å²) in [5, 5.41) is 6.02. The lowest BCUT2D eigenvalue weighted by Crippen LogP contribution is -2.43. The maximum absolute atomic E-state index is 12.1. The summed E-state index contributed by atoms with van der Waals surface area (Å²) in [6.07, 6.45) is 3.94. The Hall–Kier alpha value is -1.88. The van der Waals surface area contributed by atoms with E-state index in [1.54, 1.807) is 0 Å². The number of hydrogen-bond acceptors (Lipinski definition) is 3. The molecule has 2 aliphatic rings. The first-order chi connectivity index (χ1) is 11.1. The molecule has 1 aromatic carbocycles. The van der Waals surface area contributed by atoms with Crippen LogP contribution in [0.1, 0.15) is 31.2 Å². The van der Waals surface area contributed by atoms with Crippen LogP contribution in [0.5, 0.6) is 0 Å². The van der Waals surface area contributed by atoms with Gasteiger partial charge in [0.15, 0.2) is 0 Å². The van der Waals surface area contributed by atoms with Crippen LogP contribution in [0, 0.1) is 12.8 Å². The van der Waals surface area contributed by atoms with Gasteiger partial charge in [-0.05, 0) is 63.4 Å². The van der Waals surface area contributed by atoms with Gasteiger partial charge >= 0.3 is 0 Å². The second-order valence-electron chi connectivity index (χ2n) is 6.75. The highest BCUT2D eigenvalue weighted by molar-refractivity contribution is 5.92. The predicted octanol–water partition coefficient (Wildman–Crippen LogP) is 1.92. The summed E-state index contributed by atoms with van der Waals surface area (Å²) in [5.41, 5.74) is 1.97. The van der Waals surface area contributed by atoms with Crippen molar-refractivity contribution in [2.45, 2.75) is 38.6 Å². The Balaban J connectivity index is 1.41. The van der Waals surface area contributed by atoms with E-state index in [1.807, 2.05) is 31.2 Å². The third-order valence-electron chi connectivity index (χ3n) is 4.55. The van der Waals surface area contributed by atoms with Crippen LogP contribution in [0.4, 0.5) is 5.69 Å². The second kappa shape index (κ2) is 7.13. The minimum atomic E-state index is 0.0106. The zero-order valence-corrected chi connectivity index (χ0v) is 13.7. The van der Waals surface area contributed by atoms with Crippen molar-refractivity contribution < 1.29 is 9.59 Å². The summed E-state index contributed by atoms with van der Waals surface area (Å²) < 4.78 is 0. The lowest BCUT2D eigenvalue weighted by molar-refractivity contribution is -0.126. The topological polar surface area (TPSA) is 61.4 Å². The van der Waals surface area contributed by atoms with Gasteiger partial charge in [0.25, 0.3) is 0 Å². The number of nitrogens with one attached hydrogen (secondary N) is 2. The minimum Gasteiger partial charge on any atom is -0.353 e. The molecule has 2 fully saturated rings. The number of carbonyl (C=O) groups excluding carboxylic acids is 2. The summed E-state index contributed by atoms with van der Waals surface area (Å²) in [7, 11) is 0. The van der Waals surface area contributed by atoms with Crippen molar-refractivity contribution in [3.8, 4) is 0 Å². The highest BCUT2D eigenvalue weighted by Crippen LogP contribution is 2.22. The number of anilines is 1. The molecule has 1 heterocycles. The highest BCUT2D eigenvalue weighted by Gasteiger charge is 2.30.